The molecule has 0 unspecified atom stereocenters. The van der Waals surface area contributed by atoms with Crippen LogP contribution in [0.3, 0.4) is 0 Å². The molecule has 1 atom stereocenters. The number of carbonyl (C=O) groups excluding carboxylic acids is 1. The number of Topliss-reactive ketones (excluding diaryl/α,β-unsaturated/α-hetero) is 1. The van der Waals surface area contributed by atoms with Crippen molar-refractivity contribution in [1.82, 2.24) is 4.98 Å². The number of aromatic nitrogens is 1. The molecular weight excluding hydrogens is 382 g/mol. The lowest BCUT2D eigenvalue weighted by Gasteiger charge is -2.18. The molecule has 4 rings (SSSR count). The Morgan fingerprint density at radius 1 is 1.28 bits per heavy atom. The first-order valence-electron chi connectivity index (χ1n) is 9.90. The number of anilines is 1. The molecule has 29 heavy (non-hydrogen) atoms. The summed E-state index contributed by atoms with van der Waals surface area (Å²) >= 11 is 1.39. The summed E-state index contributed by atoms with van der Waals surface area (Å²) in [5.74, 6) is 1.51. The first-order chi connectivity index (χ1) is 13.9. The summed E-state index contributed by atoms with van der Waals surface area (Å²) < 4.78 is 5.70. The van der Waals surface area contributed by atoms with Crippen LogP contribution in [0.5, 0.6) is 0 Å². The molecule has 1 aliphatic rings. The largest absolute Gasteiger partial charge is 0.467 e. The first kappa shape index (κ1) is 19.6. The first-order valence-corrected chi connectivity index (χ1v) is 10.7. The second kappa shape index (κ2) is 7.95. The van der Waals surface area contributed by atoms with Gasteiger partial charge in [0.25, 0.3) is 0 Å². The maximum absolute atomic E-state index is 11.9. The van der Waals surface area contributed by atoms with Gasteiger partial charge in [0.15, 0.2) is 5.78 Å². The second-order valence-electron chi connectivity index (χ2n) is 7.89. The molecule has 0 N–H and O–H groups in total. The Balaban J connectivity index is 1.68. The molecule has 1 aliphatic heterocycles. The van der Waals surface area contributed by atoms with Gasteiger partial charge in [-0.3, -0.25) is 4.79 Å². The molecule has 0 saturated carbocycles. The Hall–Kier alpha value is -2.73. The molecule has 0 spiro atoms. The molecule has 150 valence electrons. The van der Waals surface area contributed by atoms with Crippen LogP contribution in [0.1, 0.15) is 65.5 Å². The number of nitrogens with zero attached hydrogens (tertiary/aromatic N) is 3. The molecule has 6 heteroatoms. The van der Waals surface area contributed by atoms with E-state index in [9.17, 15) is 4.79 Å². The van der Waals surface area contributed by atoms with Gasteiger partial charge in [0.1, 0.15) is 11.8 Å². The summed E-state index contributed by atoms with van der Waals surface area (Å²) in [7, 11) is 0. The lowest BCUT2D eigenvalue weighted by molar-refractivity contribution is 0.102. The fourth-order valence-electron chi connectivity index (χ4n) is 3.68. The third-order valence-electron chi connectivity index (χ3n) is 5.01. The molecule has 3 aromatic rings. The molecule has 0 fully saturated rings. The van der Waals surface area contributed by atoms with Gasteiger partial charge < -0.3 is 4.42 Å². The highest BCUT2D eigenvalue weighted by molar-refractivity contribution is 7.17. The molecule has 2 aromatic heterocycles. The minimum Gasteiger partial charge on any atom is -0.467 e. The maximum Gasteiger partial charge on any atom is 0.207 e. The Kier molecular flexibility index (Phi) is 5.37. The van der Waals surface area contributed by atoms with E-state index in [2.05, 4.69) is 43.1 Å². The maximum atomic E-state index is 11.9. The molecule has 0 bridgehead atoms. The molecule has 0 radical (unpaired) electrons. The van der Waals surface area contributed by atoms with Crippen LogP contribution in [-0.2, 0) is 6.42 Å². The molecule has 1 aromatic carbocycles. The van der Waals surface area contributed by atoms with E-state index in [1.54, 1.807) is 13.2 Å². The van der Waals surface area contributed by atoms with Crippen molar-refractivity contribution in [3.8, 4) is 0 Å². The molecule has 3 heterocycles. The fraction of sp³-hybridized carbons (Fsp3) is 0.348. The number of aryl methyl sites for hydroxylation is 1. The highest BCUT2D eigenvalue weighted by Crippen LogP contribution is 2.39. The normalized spacial score (nSPS) is 16.5. The van der Waals surface area contributed by atoms with Gasteiger partial charge in [-0.1, -0.05) is 49.4 Å². The summed E-state index contributed by atoms with van der Waals surface area (Å²) in [6, 6.07) is 12.4. The highest BCUT2D eigenvalue weighted by Gasteiger charge is 2.34. The third-order valence-corrected chi connectivity index (χ3v) is 6.26. The summed E-state index contributed by atoms with van der Waals surface area (Å²) in [4.78, 5) is 17.2. The van der Waals surface area contributed by atoms with Crippen LogP contribution in [0.2, 0.25) is 0 Å². The Morgan fingerprint density at radius 3 is 2.62 bits per heavy atom. The van der Waals surface area contributed by atoms with Crippen molar-refractivity contribution in [2.75, 3.05) is 5.01 Å². The van der Waals surface area contributed by atoms with E-state index in [-0.39, 0.29) is 11.8 Å². The topological polar surface area (TPSA) is 58.7 Å². The van der Waals surface area contributed by atoms with Crippen LogP contribution in [0.15, 0.2) is 52.2 Å². The van der Waals surface area contributed by atoms with E-state index in [0.717, 1.165) is 40.7 Å². The van der Waals surface area contributed by atoms with Crippen molar-refractivity contribution in [2.45, 2.75) is 46.6 Å². The monoisotopic (exact) mass is 407 g/mol. The lowest BCUT2D eigenvalue weighted by atomic mass is 9.98. The second-order valence-corrected chi connectivity index (χ2v) is 8.87. The number of thiazole rings is 1. The number of hydrogen-bond acceptors (Lipinski definition) is 6. The van der Waals surface area contributed by atoms with Crippen molar-refractivity contribution in [2.24, 2.45) is 11.0 Å². The molecule has 5 nitrogen and oxygen atoms in total. The van der Waals surface area contributed by atoms with Crippen molar-refractivity contribution in [3.63, 3.8) is 0 Å². The smallest absolute Gasteiger partial charge is 0.207 e. The zero-order chi connectivity index (χ0) is 20.5. The van der Waals surface area contributed by atoms with E-state index < -0.39 is 0 Å². The van der Waals surface area contributed by atoms with Gasteiger partial charge in [-0.25, -0.2) is 9.99 Å². The molecule has 0 saturated heterocycles. The van der Waals surface area contributed by atoms with Crippen LogP contribution in [-0.4, -0.2) is 16.5 Å². The van der Waals surface area contributed by atoms with Crippen molar-refractivity contribution in [3.05, 3.63) is 70.1 Å². The average molecular weight is 408 g/mol. The highest BCUT2D eigenvalue weighted by atomic mass is 32.1. The predicted octanol–water partition coefficient (Wildman–Crippen LogP) is 5.80. The number of benzene rings is 1. The van der Waals surface area contributed by atoms with Gasteiger partial charge >= 0.3 is 0 Å². The van der Waals surface area contributed by atoms with Gasteiger partial charge in [0.2, 0.25) is 5.13 Å². The Labute approximate surface area is 175 Å². The quantitative estimate of drug-likeness (QED) is 0.485. The van der Waals surface area contributed by atoms with Crippen LogP contribution in [0, 0.1) is 12.8 Å². The van der Waals surface area contributed by atoms with Crippen LogP contribution in [0.25, 0.3) is 0 Å². The number of ketones is 1. The number of furan rings is 1. The third kappa shape index (κ3) is 4.03. The fourth-order valence-corrected chi connectivity index (χ4v) is 4.64. The molecular formula is C23H25N3O2S. The molecule has 0 aliphatic carbocycles. The zero-order valence-corrected chi connectivity index (χ0v) is 18.0. The summed E-state index contributed by atoms with van der Waals surface area (Å²) in [6.45, 7) is 7.90. The van der Waals surface area contributed by atoms with E-state index in [0.29, 0.717) is 10.8 Å². The van der Waals surface area contributed by atoms with Gasteiger partial charge in [0, 0.05) is 13.3 Å². The summed E-state index contributed by atoms with van der Waals surface area (Å²) in [6.07, 6.45) is 3.48. The van der Waals surface area contributed by atoms with E-state index >= 15 is 0 Å². The summed E-state index contributed by atoms with van der Waals surface area (Å²) in [5.41, 5.74) is 4.19. The van der Waals surface area contributed by atoms with Gasteiger partial charge in [-0.05, 0) is 42.5 Å². The average Bonchev–Trinajstić information content (AvgIpc) is 3.40. The standard InChI is InChI=1S/C23H25N3O2S/c1-14(2)12-17-7-9-18(10-8-17)19-13-20(21-6-5-11-28-21)26(25-19)23-24-15(3)22(29-23)16(4)27/h5-11,14,20H,12-13H2,1-4H3/t20-/m0/s1. The van der Waals surface area contributed by atoms with Gasteiger partial charge in [0.05, 0.1) is 22.5 Å². The molecule has 0 amide bonds. The van der Waals surface area contributed by atoms with Crippen molar-refractivity contribution < 1.29 is 9.21 Å². The number of carbonyl (C=O) groups is 1. The Bertz CT molecular complexity index is 1030. The zero-order valence-electron chi connectivity index (χ0n) is 17.2. The minimum atomic E-state index is -0.0688. The number of hydrogen-bond donors (Lipinski definition) is 0. The van der Waals surface area contributed by atoms with Crippen LogP contribution >= 0.6 is 11.3 Å². The van der Waals surface area contributed by atoms with E-state index in [4.69, 9.17) is 9.52 Å². The van der Waals surface area contributed by atoms with E-state index in [1.165, 1.54) is 16.9 Å². The van der Waals surface area contributed by atoms with Crippen LogP contribution in [0.4, 0.5) is 5.13 Å². The summed E-state index contributed by atoms with van der Waals surface area (Å²) in [5, 5.41) is 7.52. The number of rotatable bonds is 6. The van der Waals surface area contributed by atoms with E-state index in [1.807, 2.05) is 24.1 Å². The van der Waals surface area contributed by atoms with Gasteiger partial charge in [-0.2, -0.15) is 5.10 Å². The SMILES string of the molecule is CC(=O)c1sc(N2N=C(c3ccc(CC(C)C)cc3)C[C@H]2c2ccco2)nc1C. The lowest BCUT2D eigenvalue weighted by Crippen LogP contribution is -2.17. The van der Waals surface area contributed by atoms with Gasteiger partial charge in [-0.15, -0.1) is 0 Å². The van der Waals surface area contributed by atoms with Crippen molar-refractivity contribution in [1.29, 1.82) is 0 Å². The van der Waals surface area contributed by atoms with Crippen LogP contribution < -0.4 is 5.01 Å². The predicted molar refractivity (Wildman–Crippen MR) is 117 cm³/mol. The number of hydrazone groups is 1. The Morgan fingerprint density at radius 2 is 2.03 bits per heavy atom. The van der Waals surface area contributed by atoms with Crippen molar-refractivity contribution >= 4 is 28.0 Å². The minimum absolute atomic E-state index is 0.0324.